The molecule has 1 aromatic heterocycles. The number of fused-ring (bicyclic) bond motifs is 1. The van der Waals surface area contributed by atoms with Crippen molar-refractivity contribution in [2.75, 3.05) is 6.61 Å². The molecule has 0 saturated heterocycles. The van der Waals surface area contributed by atoms with Crippen LogP contribution in [0.1, 0.15) is 38.0 Å². The fourth-order valence-electron chi connectivity index (χ4n) is 2.29. The van der Waals surface area contributed by atoms with Gasteiger partial charge in [-0.2, -0.15) is 0 Å². The van der Waals surface area contributed by atoms with Gasteiger partial charge < -0.3 is 9.15 Å². The zero-order valence-electron chi connectivity index (χ0n) is 11.9. The summed E-state index contributed by atoms with van der Waals surface area (Å²) >= 11 is 0. The molecule has 102 valence electrons. The van der Waals surface area contributed by atoms with Gasteiger partial charge in [-0.3, -0.25) is 4.79 Å². The molecule has 0 bridgehead atoms. The number of carbonyl (C=O) groups is 1. The van der Waals surface area contributed by atoms with Gasteiger partial charge in [-0.25, -0.2) is 0 Å². The molecule has 2 aromatic rings. The van der Waals surface area contributed by atoms with E-state index in [1.54, 1.807) is 0 Å². The van der Waals surface area contributed by atoms with Gasteiger partial charge in [0.25, 0.3) is 0 Å². The molecule has 0 aliphatic carbocycles. The van der Waals surface area contributed by atoms with Crippen molar-refractivity contribution in [2.45, 2.75) is 33.6 Å². The normalized spacial score (nSPS) is 12.9. The number of ether oxygens (including phenoxy) is 1. The number of hydrogen-bond donors (Lipinski definition) is 0. The monoisotopic (exact) mass is 260 g/mol. The Bertz CT molecular complexity index is 581. The van der Waals surface area contributed by atoms with E-state index in [-0.39, 0.29) is 17.8 Å². The zero-order valence-corrected chi connectivity index (χ0v) is 11.9. The van der Waals surface area contributed by atoms with E-state index >= 15 is 0 Å². The number of esters is 1. The molecule has 0 amide bonds. The van der Waals surface area contributed by atoms with Crippen molar-refractivity contribution in [1.29, 1.82) is 0 Å². The molecule has 1 atom stereocenters. The highest BCUT2D eigenvalue weighted by Gasteiger charge is 2.28. The maximum Gasteiger partial charge on any atom is 0.316 e. The second-order valence-electron chi connectivity index (χ2n) is 5.16. The second-order valence-corrected chi connectivity index (χ2v) is 5.16. The van der Waals surface area contributed by atoms with Crippen molar-refractivity contribution in [2.24, 2.45) is 5.92 Å². The lowest BCUT2D eigenvalue weighted by Gasteiger charge is -2.16. The van der Waals surface area contributed by atoms with Crippen molar-refractivity contribution in [3.05, 3.63) is 35.6 Å². The van der Waals surface area contributed by atoms with Gasteiger partial charge in [0.15, 0.2) is 0 Å². The SMILES string of the molecule is CCOC(=O)C(c1cc2cc(C)ccc2o1)C(C)C. The van der Waals surface area contributed by atoms with Crippen LogP contribution in [0.15, 0.2) is 28.7 Å². The summed E-state index contributed by atoms with van der Waals surface area (Å²) in [5.41, 5.74) is 1.99. The van der Waals surface area contributed by atoms with E-state index in [0.29, 0.717) is 12.4 Å². The first kappa shape index (κ1) is 13.7. The third-order valence-electron chi connectivity index (χ3n) is 3.20. The molecule has 1 aromatic carbocycles. The van der Waals surface area contributed by atoms with E-state index in [0.717, 1.165) is 11.0 Å². The molecule has 0 fully saturated rings. The Hall–Kier alpha value is -1.77. The fraction of sp³-hybridized carbons (Fsp3) is 0.438. The van der Waals surface area contributed by atoms with Crippen molar-refractivity contribution >= 4 is 16.9 Å². The van der Waals surface area contributed by atoms with Gasteiger partial charge in [-0.1, -0.05) is 25.5 Å². The standard InChI is InChI=1S/C16H20O3/c1-5-18-16(17)15(10(2)3)14-9-12-8-11(4)6-7-13(12)19-14/h6-10,15H,5H2,1-4H3. The third kappa shape index (κ3) is 2.80. The number of rotatable bonds is 4. The maximum absolute atomic E-state index is 12.0. The number of furan rings is 1. The van der Waals surface area contributed by atoms with E-state index in [1.807, 2.05) is 45.9 Å². The first-order valence-electron chi connectivity index (χ1n) is 6.69. The molecular formula is C16H20O3. The van der Waals surface area contributed by atoms with Crippen molar-refractivity contribution in [3.63, 3.8) is 0 Å². The van der Waals surface area contributed by atoms with E-state index < -0.39 is 0 Å². The molecule has 19 heavy (non-hydrogen) atoms. The smallest absolute Gasteiger partial charge is 0.316 e. The largest absolute Gasteiger partial charge is 0.465 e. The van der Waals surface area contributed by atoms with Crippen LogP contribution in [0.5, 0.6) is 0 Å². The van der Waals surface area contributed by atoms with Gasteiger partial charge in [0.2, 0.25) is 0 Å². The summed E-state index contributed by atoms with van der Waals surface area (Å²) in [6.07, 6.45) is 0. The third-order valence-corrected chi connectivity index (χ3v) is 3.20. The Morgan fingerprint density at radius 2 is 2.05 bits per heavy atom. The zero-order chi connectivity index (χ0) is 14.0. The minimum atomic E-state index is -0.340. The van der Waals surface area contributed by atoms with E-state index in [2.05, 4.69) is 6.07 Å². The predicted octanol–water partition coefficient (Wildman–Crippen LogP) is 4.04. The summed E-state index contributed by atoms with van der Waals surface area (Å²) in [7, 11) is 0. The Kier molecular flexibility index (Phi) is 3.93. The lowest BCUT2D eigenvalue weighted by atomic mass is 9.93. The van der Waals surface area contributed by atoms with Gasteiger partial charge in [0.1, 0.15) is 17.3 Å². The molecular weight excluding hydrogens is 240 g/mol. The van der Waals surface area contributed by atoms with Crippen molar-refractivity contribution in [3.8, 4) is 0 Å². The molecule has 0 radical (unpaired) electrons. The Morgan fingerprint density at radius 3 is 2.68 bits per heavy atom. The Balaban J connectivity index is 2.41. The van der Waals surface area contributed by atoms with Gasteiger partial charge in [-0.15, -0.1) is 0 Å². The van der Waals surface area contributed by atoms with Crippen LogP contribution < -0.4 is 0 Å². The Labute approximate surface area is 113 Å². The van der Waals surface area contributed by atoms with E-state index in [4.69, 9.17) is 9.15 Å². The highest BCUT2D eigenvalue weighted by atomic mass is 16.5. The minimum Gasteiger partial charge on any atom is -0.465 e. The van der Waals surface area contributed by atoms with Crippen LogP contribution in [0.3, 0.4) is 0 Å². The lowest BCUT2D eigenvalue weighted by molar-refractivity contribution is -0.146. The highest BCUT2D eigenvalue weighted by molar-refractivity contribution is 5.83. The van der Waals surface area contributed by atoms with Crippen LogP contribution in [0, 0.1) is 12.8 Å². The molecule has 0 saturated carbocycles. The van der Waals surface area contributed by atoms with Crippen LogP contribution in [-0.4, -0.2) is 12.6 Å². The number of carbonyl (C=O) groups excluding carboxylic acids is 1. The first-order chi connectivity index (χ1) is 9.02. The van der Waals surface area contributed by atoms with Crippen LogP contribution in [-0.2, 0) is 9.53 Å². The molecule has 1 heterocycles. The van der Waals surface area contributed by atoms with E-state index in [1.165, 1.54) is 5.56 Å². The molecule has 0 aliphatic rings. The number of benzene rings is 1. The summed E-state index contributed by atoms with van der Waals surface area (Å²) in [6, 6.07) is 7.95. The molecule has 0 aliphatic heterocycles. The maximum atomic E-state index is 12.0. The Morgan fingerprint density at radius 1 is 1.32 bits per heavy atom. The number of hydrogen-bond acceptors (Lipinski definition) is 3. The quantitative estimate of drug-likeness (QED) is 0.779. The summed E-state index contributed by atoms with van der Waals surface area (Å²) in [6.45, 7) is 8.25. The predicted molar refractivity (Wildman–Crippen MR) is 75.2 cm³/mol. The van der Waals surface area contributed by atoms with Crippen molar-refractivity contribution < 1.29 is 13.9 Å². The molecule has 3 nitrogen and oxygen atoms in total. The second kappa shape index (κ2) is 5.47. The van der Waals surface area contributed by atoms with Crippen LogP contribution in [0.4, 0.5) is 0 Å². The molecule has 0 spiro atoms. The topological polar surface area (TPSA) is 39.4 Å². The molecule has 3 heteroatoms. The molecule has 1 unspecified atom stereocenters. The molecule has 0 N–H and O–H groups in total. The molecule has 2 rings (SSSR count). The summed E-state index contributed by atoms with van der Waals surface area (Å²) in [4.78, 5) is 12.0. The summed E-state index contributed by atoms with van der Waals surface area (Å²) in [5, 5.41) is 1.03. The van der Waals surface area contributed by atoms with E-state index in [9.17, 15) is 4.79 Å². The minimum absolute atomic E-state index is 0.140. The van der Waals surface area contributed by atoms with Crippen LogP contribution in [0.2, 0.25) is 0 Å². The highest BCUT2D eigenvalue weighted by Crippen LogP contribution is 2.31. The van der Waals surface area contributed by atoms with Crippen LogP contribution in [0.25, 0.3) is 11.0 Å². The average molecular weight is 260 g/mol. The van der Waals surface area contributed by atoms with Gasteiger partial charge >= 0.3 is 5.97 Å². The average Bonchev–Trinajstić information content (AvgIpc) is 2.71. The summed E-state index contributed by atoms with van der Waals surface area (Å²) < 4.78 is 11.0. The van der Waals surface area contributed by atoms with Crippen LogP contribution >= 0.6 is 0 Å². The number of aryl methyl sites for hydroxylation is 1. The van der Waals surface area contributed by atoms with Gasteiger partial charge in [0, 0.05) is 5.39 Å². The fourth-order valence-corrected chi connectivity index (χ4v) is 2.29. The van der Waals surface area contributed by atoms with Crippen molar-refractivity contribution in [1.82, 2.24) is 0 Å². The summed E-state index contributed by atoms with van der Waals surface area (Å²) in [5.74, 6) is 0.274. The van der Waals surface area contributed by atoms with Gasteiger partial charge in [-0.05, 0) is 38.0 Å². The first-order valence-corrected chi connectivity index (χ1v) is 6.69. The van der Waals surface area contributed by atoms with Gasteiger partial charge in [0.05, 0.1) is 6.61 Å². The lowest BCUT2D eigenvalue weighted by Crippen LogP contribution is -2.20.